The minimum atomic E-state index is 0.194. The maximum Gasteiger partial charge on any atom is 0.253 e. The highest BCUT2D eigenvalue weighted by Crippen LogP contribution is 2.15. The van der Waals surface area contributed by atoms with Gasteiger partial charge in [0.05, 0.1) is 0 Å². The van der Waals surface area contributed by atoms with E-state index in [2.05, 4.69) is 10.8 Å². The fraction of sp³-hybridized carbons (Fsp3) is 0.588. The molecule has 0 N–H and O–H groups in total. The molecule has 0 saturated carbocycles. The van der Waals surface area contributed by atoms with E-state index in [0.717, 1.165) is 42.6 Å². The number of benzene rings is 1. The highest BCUT2D eigenvalue weighted by Gasteiger charge is 2.19. The van der Waals surface area contributed by atoms with Crippen molar-refractivity contribution in [2.24, 2.45) is 0 Å². The molecule has 0 aliphatic carbocycles. The Morgan fingerprint density at radius 2 is 1.40 bits per heavy atom. The monoisotopic (exact) mass is 279 g/mol. The van der Waals surface area contributed by atoms with Crippen LogP contribution in [0.5, 0.6) is 0 Å². The normalized spacial score (nSPS) is 13.0. The van der Waals surface area contributed by atoms with E-state index >= 15 is 0 Å². The van der Waals surface area contributed by atoms with Gasteiger partial charge in [-0.3, -0.25) is 4.79 Å². The number of carbonyl (C=O) groups excluding carboxylic acids is 1. The molecular formula is C17H29NO2. The quantitative estimate of drug-likeness (QED) is 0.782. The zero-order valence-corrected chi connectivity index (χ0v) is 13.8. The van der Waals surface area contributed by atoms with Crippen LogP contribution in [0.15, 0.2) is 18.2 Å². The van der Waals surface area contributed by atoms with Crippen molar-refractivity contribution in [3.05, 3.63) is 34.9 Å². The zero-order chi connectivity index (χ0) is 15.5. The molecule has 1 amide bonds. The number of hydrogen-bond donors (Lipinski definition) is 0. The molecule has 0 atom stereocenters. The summed E-state index contributed by atoms with van der Waals surface area (Å²) in [5.41, 5.74) is 3.17. The molecule has 2 rings (SSSR count). The lowest BCUT2D eigenvalue weighted by Gasteiger charge is -2.15. The number of hydrogen-bond acceptors (Lipinski definition) is 2. The first kappa shape index (κ1) is 18.7. The number of amides is 1. The summed E-state index contributed by atoms with van der Waals surface area (Å²) < 4.78 is 4.25. The van der Waals surface area contributed by atoms with Crippen molar-refractivity contribution >= 4 is 5.91 Å². The van der Waals surface area contributed by atoms with Gasteiger partial charge >= 0.3 is 0 Å². The van der Waals surface area contributed by atoms with Gasteiger partial charge in [-0.15, -0.1) is 0 Å². The van der Waals surface area contributed by atoms with E-state index in [4.69, 9.17) is 0 Å². The van der Waals surface area contributed by atoms with Crippen LogP contribution in [-0.4, -0.2) is 38.1 Å². The van der Waals surface area contributed by atoms with Crippen LogP contribution in [0.25, 0.3) is 0 Å². The van der Waals surface area contributed by atoms with E-state index in [1.165, 1.54) is 0 Å². The van der Waals surface area contributed by atoms with E-state index in [-0.39, 0.29) is 5.91 Å². The van der Waals surface area contributed by atoms with E-state index in [0.29, 0.717) is 0 Å². The topological polar surface area (TPSA) is 29.5 Å². The van der Waals surface area contributed by atoms with Gasteiger partial charge in [-0.05, 0) is 38.8 Å². The summed E-state index contributed by atoms with van der Waals surface area (Å²) in [4.78, 5) is 14.0. The molecule has 1 saturated heterocycles. The van der Waals surface area contributed by atoms with Gasteiger partial charge in [0.15, 0.2) is 0 Å². The van der Waals surface area contributed by atoms with E-state index in [1.54, 1.807) is 14.2 Å². The Morgan fingerprint density at radius 1 is 1.00 bits per heavy atom. The van der Waals surface area contributed by atoms with Crippen LogP contribution in [0.3, 0.4) is 0 Å². The maximum atomic E-state index is 12.1. The van der Waals surface area contributed by atoms with Gasteiger partial charge in [0.25, 0.3) is 5.91 Å². The highest BCUT2D eigenvalue weighted by atomic mass is 16.4. The van der Waals surface area contributed by atoms with Crippen LogP contribution < -0.4 is 0 Å². The Morgan fingerprint density at radius 3 is 1.80 bits per heavy atom. The Kier molecular flexibility index (Phi) is 9.73. The van der Waals surface area contributed by atoms with Gasteiger partial charge in [-0.1, -0.05) is 31.0 Å². The Labute approximate surface area is 123 Å². The van der Waals surface area contributed by atoms with E-state index < -0.39 is 0 Å². The summed E-state index contributed by atoms with van der Waals surface area (Å²) in [6.07, 6.45) is 2.30. The third-order valence-electron chi connectivity index (χ3n) is 2.86. The summed E-state index contributed by atoms with van der Waals surface area (Å²) in [5, 5.41) is 0. The number of rotatable bonds is 1. The summed E-state index contributed by atoms with van der Waals surface area (Å²) in [7, 11) is 3.25. The molecule has 3 nitrogen and oxygen atoms in total. The zero-order valence-electron chi connectivity index (χ0n) is 13.8. The first-order valence-electron chi connectivity index (χ1n) is 7.36. The van der Waals surface area contributed by atoms with Gasteiger partial charge in [0.1, 0.15) is 0 Å². The largest absolute Gasteiger partial charge is 0.388 e. The fourth-order valence-electron chi connectivity index (χ4n) is 2.20. The summed E-state index contributed by atoms with van der Waals surface area (Å²) in [5.74, 6) is 0.194. The van der Waals surface area contributed by atoms with Crippen molar-refractivity contribution in [1.82, 2.24) is 4.90 Å². The average Bonchev–Trinajstić information content (AvgIpc) is 2.94. The van der Waals surface area contributed by atoms with Crippen molar-refractivity contribution in [3.8, 4) is 0 Å². The Balaban J connectivity index is 0.000000641. The number of aryl methyl sites for hydroxylation is 2. The molecule has 0 spiro atoms. The molecule has 20 heavy (non-hydrogen) atoms. The fourth-order valence-corrected chi connectivity index (χ4v) is 2.20. The molecule has 0 aromatic heterocycles. The lowest BCUT2D eigenvalue weighted by molar-refractivity contribution is 0.0792. The number of ether oxygens (including phenoxy) is 1. The van der Waals surface area contributed by atoms with Crippen molar-refractivity contribution in [3.63, 3.8) is 0 Å². The maximum absolute atomic E-state index is 12.1. The average molecular weight is 279 g/mol. The molecule has 1 aliphatic heterocycles. The van der Waals surface area contributed by atoms with Crippen molar-refractivity contribution in [1.29, 1.82) is 0 Å². The summed E-state index contributed by atoms with van der Waals surface area (Å²) in [6, 6.07) is 6.06. The number of nitrogens with zero attached hydrogens (tertiary/aromatic N) is 1. The number of methoxy groups -OCH3 is 1. The number of likely N-dealkylation sites (tertiary alicyclic amines) is 1. The predicted molar refractivity (Wildman–Crippen MR) is 85.3 cm³/mol. The lowest BCUT2D eigenvalue weighted by atomic mass is 10.1. The van der Waals surface area contributed by atoms with E-state index in [9.17, 15) is 4.79 Å². The molecule has 3 heteroatoms. The smallest absolute Gasteiger partial charge is 0.253 e. The third kappa shape index (κ3) is 6.20. The molecule has 114 valence electrons. The van der Waals surface area contributed by atoms with Gasteiger partial charge in [-0.25, -0.2) is 0 Å². The number of carbonyl (C=O) groups is 1. The van der Waals surface area contributed by atoms with Crippen LogP contribution in [0.4, 0.5) is 0 Å². The van der Waals surface area contributed by atoms with Crippen LogP contribution >= 0.6 is 0 Å². The van der Waals surface area contributed by atoms with Crippen LogP contribution in [0.2, 0.25) is 0 Å². The predicted octanol–water partition coefficient (Wildman–Crippen LogP) is 3.83. The molecule has 1 fully saturated rings. The standard InChI is InChI=1S/C13H17NO.C2H6O.C2H6/c1-10-7-11(2)9-12(8-10)13(15)14-5-3-4-6-14;1-3-2;1-2/h7-9H,3-6H2,1-2H3;1-2H3;1-2H3. The first-order chi connectivity index (χ1) is 9.58. The highest BCUT2D eigenvalue weighted by molar-refractivity contribution is 5.94. The summed E-state index contributed by atoms with van der Waals surface area (Å²) in [6.45, 7) is 9.92. The minimum Gasteiger partial charge on any atom is -0.388 e. The van der Waals surface area contributed by atoms with Gasteiger partial charge in [0, 0.05) is 32.9 Å². The van der Waals surface area contributed by atoms with Gasteiger partial charge < -0.3 is 9.64 Å². The molecule has 0 bridgehead atoms. The molecule has 1 aliphatic rings. The van der Waals surface area contributed by atoms with Crippen molar-refractivity contribution < 1.29 is 9.53 Å². The third-order valence-corrected chi connectivity index (χ3v) is 2.86. The first-order valence-corrected chi connectivity index (χ1v) is 7.36. The second kappa shape index (κ2) is 10.4. The SMILES string of the molecule is CC.COC.Cc1cc(C)cc(C(=O)N2CCCC2)c1. The Bertz CT molecular complexity index is 376. The Hall–Kier alpha value is -1.35. The van der Waals surface area contributed by atoms with Gasteiger partial charge in [0.2, 0.25) is 0 Å². The second-order valence-corrected chi connectivity index (χ2v) is 4.78. The molecular weight excluding hydrogens is 250 g/mol. The lowest BCUT2D eigenvalue weighted by Crippen LogP contribution is -2.27. The molecule has 1 aromatic rings. The molecule has 0 radical (unpaired) electrons. The van der Waals surface area contributed by atoms with Crippen LogP contribution in [0, 0.1) is 13.8 Å². The summed E-state index contributed by atoms with van der Waals surface area (Å²) >= 11 is 0. The minimum absolute atomic E-state index is 0.194. The molecule has 1 aromatic carbocycles. The van der Waals surface area contributed by atoms with Crippen molar-refractivity contribution in [2.45, 2.75) is 40.5 Å². The van der Waals surface area contributed by atoms with Crippen LogP contribution in [0.1, 0.15) is 48.2 Å². The van der Waals surface area contributed by atoms with Crippen LogP contribution in [-0.2, 0) is 4.74 Å². The van der Waals surface area contributed by atoms with Gasteiger partial charge in [-0.2, -0.15) is 0 Å². The van der Waals surface area contributed by atoms with E-state index in [1.807, 2.05) is 44.7 Å². The molecule has 0 unspecified atom stereocenters. The second-order valence-electron chi connectivity index (χ2n) is 4.78. The molecule has 1 heterocycles. The van der Waals surface area contributed by atoms with Crippen molar-refractivity contribution in [2.75, 3.05) is 27.3 Å².